The molecule has 0 radical (unpaired) electrons. The van der Waals surface area contributed by atoms with Crippen LogP contribution in [0.4, 0.5) is 14.7 Å². The van der Waals surface area contributed by atoms with E-state index in [1.165, 1.54) is 7.11 Å². The first-order chi connectivity index (χ1) is 16.9. The molecule has 1 aliphatic heterocycles. The standard InChI is InChI=1S/C27H35F2N5O2/c1-18(20-9-7-19(8-10-20)15-33-12-6-11-27(28,29)17-33)31-25-30-14-21-13-22(36-5)24(35)34(23(21)32-25)16-26(2,3)4/h7-10,13-14,18H,6,11-12,15-17H2,1-5H3,(H,30,31,32). The number of nitrogens with zero attached hydrogens (tertiary/aromatic N) is 4. The van der Waals surface area contributed by atoms with Crippen LogP contribution in [-0.2, 0) is 13.1 Å². The molecular weight excluding hydrogens is 464 g/mol. The highest BCUT2D eigenvalue weighted by Crippen LogP contribution is 2.28. The Morgan fingerprint density at radius 2 is 1.94 bits per heavy atom. The third kappa shape index (κ3) is 6.19. The van der Waals surface area contributed by atoms with Gasteiger partial charge in [-0.25, -0.2) is 13.8 Å². The molecular formula is C27H35F2N5O2. The van der Waals surface area contributed by atoms with Crippen molar-refractivity contribution in [2.24, 2.45) is 5.41 Å². The van der Waals surface area contributed by atoms with Gasteiger partial charge < -0.3 is 10.1 Å². The first-order valence-corrected chi connectivity index (χ1v) is 12.3. The number of fused-ring (bicyclic) bond motifs is 1. The summed E-state index contributed by atoms with van der Waals surface area (Å²) in [7, 11) is 1.48. The van der Waals surface area contributed by atoms with Crippen LogP contribution in [-0.4, -0.2) is 45.6 Å². The minimum Gasteiger partial charge on any atom is -0.491 e. The Morgan fingerprint density at radius 1 is 1.22 bits per heavy atom. The number of alkyl halides is 2. The molecule has 9 heteroatoms. The van der Waals surface area contributed by atoms with E-state index in [1.54, 1.807) is 16.8 Å². The molecule has 0 saturated carbocycles. The lowest BCUT2D eigenvalue weighted by Gasteiger charge is -2.32. The van der Waals surface area contributed by atoms with Gasteiger partial charge in [0.05, 0.1) is 19.7 Å². The van der Waals surface area contributed by atoms with E-state index in [1.807, 2.05) is 36.1 Å². The average molecular weight is 500 g/mol. The van der Waals surface area contributed by atoms with Crippen LogP contribution >= 0.6 is 0 Å². The monoisotopic (exact) mass is 499 g/mol. The Balaban J connectivity index is 1.52. The Bertz CT molecular complexity index is 1270. The summed E-state index contributed by atoms with van der Waals surface area (Å²) in [6.45, 7) is 9.70. The van der Waals surface area contributed by atoms with Crippen LogP contribution in [0.3, 0.4) is 0 Å². The minimum absolute atomic E-state index is 0.0255. The highest BCUT2D eigenvalue weighted by Gasteiger charge is 2.34. The third-order valence-corrected chi connectivity index (χ3v) is 6.35. The van der Waals surface area contributed by atoms with Crippen molar-refractivity contribution in [3.8, 4) is 5.75 Å². The second-order valence-corrected chi connectivity index (χ2v) is 10.9. The molecule has 3 aromatic rings. The molecule has 1 saturated heterocycles. The van der Waals surface area contributed by atoms with Crippen molar-refractivity contribution in [3.05, 3.63) is 58.0 Å². The van der Waals surface area contributed by atoms with Crippen LogP contribution in [0.15, 0.2) is 41.3 Å². The lowest BCUT2D eigenvalue weighted by molar-refractivity contribution is -0.0661. The number of hydrogen-bond donors (Lipinski definition) is 1. The predicted octanol–water partition coefficient (Wildman–Crippen LogP) is 5.25. The van der Waals surface area contributed by atoms with Crippen LogP contribution in [0, 0.1) is 5.41 Å². The number of nitrogens with one attached hydrogen (secondary N) is 1. The minimum atomic E-state index is -2.60. The number of rotatable bonds is 7. The van der Waals surface area contributed by atoms with Crippen molar-refractivity contribution >= 4 is 17.0 Å². The number of ether oxygens (including phenoxy) is 1. The summed E-state index contributed by atoms with van der Waals surface area (Å²) in [5.74, 6) is -1.92. The SMILES string of the molecule is COc1cc2cnc(NC(C)c3ccc(CN4CCCC(F)(F)C4)cc3)nc2n(CC(C)(C)C)c1=O. The van der Waals surface area contributed by atoms with E-state index in [0.717, 1.165) is 16.5 Å². The second-order valence-electron chi connectivity index (χ2n) is 10.9. The molecule has 7 nitrogen and oxygen atoms in total. The molecule has 4 rings (SSSR count). The first-order valence-electron chi connectivity index (χ1n) is 12.3. The highest BCUT2D eigenvalue weighted by molar-refractivity contribution is 5.76. The quantitative estimate of drug-likeness (QED) is 0.479. The van der Waals surface area contributed by atoms with E-state index < -0.39 is 5.92 Å². The van der Waals surface area contributed by atoms with Gasteiger partial charge in [0.25, 0.3) is 11.5 Å². The normalized spacial score (nSPS) is 17.2. The Morgan fingerprint density at radius 3 is 2.58 bits per heavy atom. The molecule has 1 atom stereocenters. The zero-order valence-corrected chi connectivity index (χ0v) is 21.6. The van der Waals surface area contributed by atoms with E-state index in [2.05, 4.69) is 36.1 Å². The molecule has 0 spiro atoms. The summed E-state index contributed by atoms with van der Waals surface area (Å²) in [6.07, 6.45) is 2.19. The molecule has 1 N–H and O–H groups in total. The number of piperidine rings is 1. The van der Waals surface area contributed by atoms with Crippen LogP contribution in [0.2, 0.25) is 0 Å². The molecule has 1 unspecified atom stereocenters. The summed E-state index contributed by atoms with van der Waals surface area (Å²) in [5.41, 5.74) is 2.22. The van der Waals surface area contributed by atoms with Crippen molar-refractivity contribution in [1.29, 1.82) is 0 Å². The van der Waals surface area contributed by atoms with Crippen LogP contribution < -0.4 is 15.6 Å². The molecule has 0 amide bonds. The van der Waals surface area contributed by atoms with Crippen molar-refractivity contribution in [2.45, 2.75) is 65.6 Å². The maximum Gasteiger partial charge on any atom is 0.294 e. The highest BCUT2D eigenvalue weighted by atomic mass is 19.3. The van der Waals surface area contributed by atoms with Crippen molar-refractivity contribution in [1.82, 2.24) is 19.4 Å². The molecule has 1 fully saturated rings. The molecule has 0 aliphatic carbocycles. The predicted molar refractivity (Wildman–Crippen MR) is 138 cm³/mol. The number of aromatic nitrogens is 3. The molecule has 0 bridgehead atoms. The number of hydrogen-bond acceptors (Lipinski definition) is 6. The lowest BCUT2D eigenvalue weighted by Crippen LogP contribution is -2.41. The van der Waals surface area contributed by atoms with Crippen LogP contribution in [0.25, 0.3) is 11.0 Å². The maximum atomic E-state index is 13.7. The van der Waals surface area contributed by atoms with Crippen molar-refractivity contribution in [3.63, 3.8) is 0 Å². The van der Waals surface area contributed by atoms with Gasteiger partial charge in [0.1, 0.15) is 5.65 Å². The number of halogens is 2. The van der Waals surface area contributed by atoms with E-state index in [-0.39, 0.29) is 35.7 Å². The molecule has 1 aromatic carbocycles. The number of methoxy groups -OCH3 is 1. The maximum absolute atomic E-state index is 13.7. The largest absolute Gasteiger partial charge is 0.491 e. The van der Waals surface area contributed by atoms with Crippen LogP contribution in [0.5, 0.6) is 5.75 Å². The van der Waals surface area contributed by atoms with Gasteiger partial charge >= 0.3 is 0 Å². The molecule has 2 aromatic heterocycles. The van der Waals surface area contributed by atoms with Gasteiger partial charge in [0.2, 0.25) is 5.95 Å². The van der Waals surface area contributed by atoms with Gasteiger partial charge in [-0.1, -0.05) is 45.0 Å². The fourth-order valence-corrected chi connectivity index (χ4v) is 4.60. The fourth-order valence-electron chi connectivity index (χ4n) is 4.60. The van der Waals surface area contributed by atoms with Gasteiger partial charge in [-0.2, -0.15) is 4.98 Å². The van der Waals surface area contributed by atoms with E-state index in [9.17, 15) is 13.6 Å². The van der Waals surface area contributed by atoms with Gasteiger partial charge in [0, 0.05) is 31.1 Å². The number of benzene rings is 1. The Hall–Kier alpha value is -3.07. The van der Waals surface area contributed by atoms with Gasteiger partial charge in [0.15, 0.2) is 5.75 Å². The van der Waals surface area contributed by atoms with Crippen LogP contribution in [0.1, 0.15) is 57.7 Å². The Kier molecular flexibility index (Phi) is 7.31. The van der Waals surface area contributed by atoms with Gasteiger partial charge in [-0.05, 0) is 42.5 Å². The molecule has 36 heavy (non-hydrogen) atoms. The lowest BCUT2D eigenvalue weighted by atomic mass is 9.96. The summed E-state index contributed by atoms with van der Waals surface area (Å²) >= 11 is 0. The Labute approximate surface area is 210 Å². The zero-order chi connectivity index (χ0) is 26.1. The topological polar surface area (TPSA) is 72.3 Å². The summed E-state index contributed by atoms with van der Waals surface area (Å²) in [6, 6.07) is 9.52. The zero-order valence-electron chi connectivity index (χ0n) is 21.6. The van der Waals surface area contributed by atoms with E-state index in [0.29, 0.717) is 37.7 Å². The van der Waals surface area contributed by atoms with Gasteiger partial charge in [-0.15, -0.1) is 0 Å². The average Bonchev–Trinajstić information content (AvgIpc) is 2.80. The summed E-state index contributed by atoms with van der Waals surface area (Å²) in [5, 5.41) is 4.05. The van der Waals surface area contributed by atoms with Crippen molar-refractivity contribution in [2.75, 3.05) is 25.5 Å². The number of anilines is 1. The van der Waals surface area contributed by atoms with E-state index in [4.69, 9.17) is 4.74 Å². The van der Waals surface area contributed by atoms with Gasteiger partial charge in [-0.3, -0.25) is 14.3 Å². The second kappa shape index (κ2) is 10.1. The van der Waals surface area contributed by atoms with Crippen molar-refractivity contribution < 1.29 is 13.5 Å². The molecule has 1 aliphatic rings. The summed E-state index contributed by atoms with van der Waals surface area (Å²) in [4.78, 5) is 23.9. The smallest absolute Gasteiger partial charge is 0.294 e. The molecule has 3 heterocycles. The van der Waals surface area contributed by atoms with E-state index >= 15 is 0 Å². The molecule has 194 valence electrons. The summed E-state index contributed by atoms with van der Waals surface area (Å²) < 4.78 is 34.3. The number of likely N-dealkylation sites (tertiary alicyclic amines) is 1. The number of pyridine rings is 1. The first kappa shape index (κ1) is 26.0. The third-order valence-electron chi connectivity index (χ3n) is 6.35. The fraction of sp³-hybridized carbons (Fsp3) is 0.519.